The van der Waals surface area contributed by atoms with Gasteiger partial charge in [-0.15, -0.1) is 0 Å². The van der Waals surface area contributed by atoms with Crippen molar-refractivity contribution in [3.8, 4) is 0 Å². The molecular weight excluding hydrogens is 346 g/mol. The van der Waals surface area contributed by atoms with Crippen molar-refractivity contribution >= 4 is 24.2 Å². The second-order valence-corrected chi connectivity index (χ2v) is 8.83. The van der Waals surface area contributed by atoms with Crippen LogP contribution in [0.25, 0.3) is 0 Å². The van der Waals surface area contributed by atoms with Gasteiger partial charge in [0.1, 0.15) is 5.82 Å². The molecule has 1 aromatic carbocycles. The van der Waals surface area contributed by atoms with Crippen molar-refractivity contribution in [2.24, 2.45) is 5.92 Å². The van der Waals surface area contributed by atoms with Gasteiger partial charge in [-0.25, -0.2) is 4.39 Å². The zero-order chi connectivity index (χ0) is 19.8. The summed E-state index contributed by atoms with van der Waals surface area (Å²) >= 11 is 0. The zero-order valence-electron chi connectivity index (χ0n) is 17.0. The average molecular weight is 376 g/mol. The second-order valence-electron chi connectivity index (χ2n) is 8.83. The van der Waals surface area contributed by atoms with Gasteiger partial charge in [-0.3, -0.25) is 9.69 Å². The highest BCUT2D eigenvalue weighted by molar-refractivity contribution is 6.62. The summed E-state index contributed by atoms with van der Waals surface area (Å²) in [4.78, 5) is 14.5. The van der Waals surface area contributed by atoms with Crippen LogP contribution < -0.4 is 10.8 Å². The molecule has 3 rings (SSSR count). The van der Waals surface area contributed by atoms with Crippen molar-refractivity contribution in [2.75, 3.05) is 25.0 Å². The van der Waals surface area contributed by atoms with Crippen molar-refractivity contribution in [1.29, 1.82) is 0 Å². The highest BCUT2D eigenvalue weighted by Crippen LogP contribution is 2.36. The molecule has 2 heterocycles. The van der Waals surface area contributed by atoms with Crippen LogP contribution in [0.5, 0.6) is 0 Å². The minimum atomic E-state index is -0.588. The van der Waals surface area contributed by atoms with E-state index in [2.05, 4.69) is 17.1 Å². The molecule has 0 atom stereocenters. The molecule has 0 spiro atoms. The number of nitrogens with zero attached hydrogens (tertiary/aromatic N) is 1. The van der Waals surface area contributed by atoms with Crippen LogP contribution in [-0.2, 0) is 14.1 Å². The minimum Gasteiger partial charge on any atom is -0.399 e. The number of carbonyl (C=O) groups is 1. The van der Waals surface area contributed by atoms with Gasteiger partial charge in [0.2, 0.25) is 5.91 Å². The molecule has 0 radical (unpaired) electrons. The molecule has 5 nitrogen and oxygen atoms in total. The van der Waals surface area contributed by atoms with E-state index in [-0.39, 0.29) is 18.1 Å². The molecule has 0 aliphatic carbocycles. The molecule has 1 N–H and O–H groups in total. The van der Waals surface area contributed by atoms with Crippen molar-refractivity contribution in [3.63, 3.8) is 0 Å². The predicted octanol–water partition coefficient (Wildman–Crippen LogP) is 2.80. The Kier molecular flexibility index (Phi) is 5.66. The Bertz CT molecular complexity index is 686. The summed E-state index contributed by atoms with van der Waals surface area (Å²) in [7, 11) is -0.588. The lowest BCUT2D eigenvalue weighted by Gasteiger charge is -2.32. The van der Waals surface area contributed by atoms with Gasteiger partial charge in [-0.05, 0) is 77.1 Å². The maximum Gasteiger partial charge on any atom is 0.494 e. The summed E-state index contributed by atoms with van der Waals surface area (Å²) < 4.78 is 26.3. The molecule has 2 saturated heterocycles. The molecule has 0 unspecified atom stereocenters. The summed E-state index contributed by atoms with van der Waals surface area (Å²) in [5, 5.41) is 2.71. The number of benzene rings is 1. The van der Waals surface area contributed by atoms with Crippen molar-refractivity contribution < 1.29 is 18.5 Å². The molecule has 0 aromatic heterocycles. The second kappa shape index (κ2) is 7.53. The van der Waals surface area contributed by atoms with Crippen molar-refractivity contribution in [1.82, 2.24) is 4.90 Å². The number of likely N-dealkylation sites (tertiary alicyclic amines) is 1. The van der Waals surface area contributed by atoms with Crippen molar-refractivity contribution in [2.45, 2.75) is 58.7 Å². The lowest BCUT2D eigenvalue weighted by atomic mass is 9.79. The largest absolute Gasteiger partial charge is 0.494 e. The number of halogens is 1. The third kappa shape index (κ3) is 4.53. The lowest BCUT2D eigenvalue weighted by Crippen LogP contribution is -2.41. The summed E-state index contributed by atoms with van der Waals surface area (Å²) in [5.41, 5.74) is -0.0865. The number of carbonyl (C=O) groups excluding carboxylic acids is 1. The molecule has 0 saturated carbocycles. The van der Waals surface area contributed by atoms with E-state index in [1.807, 2.05) is 27.7 Å². The fraction of sp³-hybridized carbons (Fsp3) is 0.650. The van der Waals surface area contributed by atoms with E-state index in [4.69, 9.17) is 9.31 Å². The van der Waals surface area contributed by atoms with Crippen LogP contribution in [0.15, 0.2) is 18.2 Å². The van der Waals surface area contributed by atoms with Crippen LogP contribution in [0.2, 0.25) is 0 Å². The Morgan fingerprint density at radius 3 is 2.41 bits per heavy atom. The van der Waals surface area contributed by atoms with Crippen molar-refractivity contribution in [3.05, 3.63) is 24.0 Å². The number of rotatable bonds is 4. The molecule has 148 valence electrons. The normalized spacial score (nSPS) is 22.8. The standard InChI is InChI=1S/C20H30BFN2O3/c1-14-8-10-24(11-9-14)13-18(25)23-17-12-15(6-7-16(17)22)21-26-19(2,3)20(4,5)27-21/h6-7,12,14H,8-11,13H2,1-5H3,(H,23,25). The average Bonchev–Trinajstić information content (AvgIpc) is 2.79. The fourth-order valence-corrected chi connectivity index (χ4v) is 3.38. The first kappa shape index (κ1) is 20.3. The highest BCUT2D eigenvalue weighted by Gasteiger charge is 2.51. The first-order valence-corrected chi connectivity index (χ1v) is 9.75. The van der Waals surface area contributed by atoms with E-state index in [9.17, 15) is 9.18 Å². The van der Waals surface area contributed by atoms with Gasteiger partial charge in [-0.1, -0.05) is 13.0 Å². The molecule has 1 aromatic rings. The van der Waals surface area contributed by atoms with E-state index in [1.165, 1.54) is 6.07 Å². The van der Waals surface area contributed by atoms with E-state index >= 15 is 0 Å². The van der Waals surface area contributed by atoms with Gasteiger partial charge in [0, 0.05) is 0 Å². The molecule has 2 aliphatic heterocycles. The third-order valence-corrected chi connectivity index (χ3v) is 6.03. The number of hydrogen-bond acceptors (Lipinski definition) is 4. The predicted molar refractivity (Wildman–Crippen MR) is 106 cm³/mol. The van der Waals surface area contributed by atoms with Crippen LogP contribution in [0.1, 0.15) is 47.5 Å². The maximum absolute atomic E-state index is 14.2. The molecule has 7 heteroatoms. The molecule has 2 fully saturated rings. The Labute approximate surface area is 161 Å². The van der Waals surface area contributed by atoms with E-state index in [0.29, 0.717) is 11.4 Å². The number of piperidine rings is 1. The first-order chi connectivity index (χ1) is 12.6. The van der Waals surface area contributed by atoms with E-state index in [0.717, 1.165) is 25.9 Å². The van der Waals surface area contributed by atoms with Crippen LogP contribution in [0.3, 0.4) is 0 Å². The smallest absolute Gasteiger partial charge is 0.399 e. The lowest BCUT2D eigenvalue weighted by molar-refractivity contribution is -0.117. The Morgan fingerprint density at radius 1 is 1.22 bits per heavy atom. The van der Waals surface area contributed by atoms with E-state index < -0.39 is 24.1 Å². The summed E-state index contributed by atoms with van der Waals surface area (Å²) in [6.07, 6.45) is 2.19. The molecule has 1 amide bonds. The van der Waals surface area contributed by atoms with Gasteiger partial charge >= 0.3 is 7.12 Å². The highest BCUT2D eigenvalue weighted by atomic mass is 19.1. The van der Waals surface area contributed by atoms with Crippen LogP contribution >= 0.6 is 0 Å². The number of anilines is 1. The maximum atomic E-state index is 14.2. The van der Waals surface area contributed by atoms with Gasteiger partial charge in [0.05, 0.1) is 23.4 Å². The molecule has 27 heavy (non-hydrogen) atoms. The minimum absolute atomic E-state index is 0.164. The Balaban J connectivity index is 1.66. The number of hydrogen-bond donors (Lipinski definition) is 1. The topological polar surface area (TPSA) is 50.8 Å². The first-order valence-electron chi connectivity index (χ1n) is 9.75. The van der Waals surface area contributed by atoms with Crippen LogP contribution in [0.4, 0.5) is 10.1 Å². The third-order valence-electron chi connectivity index (χ3n) is 6.03. The number of amides is 1. The number of nitrogens with one attached hydrogen (secondary N) is 1. The molecule has 2 aliphatic rings. The monoisotopic (exact) mass is 376 g/mol. The summed E-state index contributed by atoms with van der Waals surface area (Å²) in [6, 6.07) is 4.59. The van der Waals surface area contributed by atoms with Crippen LogP contribution in [0, 0.1) is 11.7 Å². The fourth-order valence-electron chi connectivity index (χ4n) is 3.38. The molecule has 0 bridgehead atoms. The van der Waals surface area contributed by atoms with Gasteiger partial charge in [-0.2, -0.15) is 0 Å². The van der Waals surface area contributed by atoms with Gasteiger partial charge in [0.25, 0.3) is 0 Å². The summed E-state index contributed by atoms with van der Waals surface area (Å²) in [6.45, 7) is 12.2. The van der Waals surface area contributed by atoms with Gasteiger partial charge < -0.3 is 14.6 Å². The zero-order valence-corrected chi connectivity index (χ0v) is 17.0. The quantitative estimate of drug-likeness (QED) is 0.822. The van der Waals surface area contributed by atoms with Crippen LogP contribution in [-0.4, -0.2) is 48.8 Å². The molecular formula is C20H30BFN2O3. The summed E-state index contributed by atoms with van der Waals surface area (Å²) in [5.74, 6) is 0.0451. The SMILES string of the molecule is CC1CCN(CC(=O)Nc2cc(B3OC(C)(C)C(C)(C)O3)ccc2F)CC1. The Hall–Kier alpha value is -1.44. The Morgan fingerprint density at radius 2 is 1.81 bits per heavy atom. The van der Waals surface area contributed by atoms with Gasteiger partial charge in [0.15, 0.2) is 0 Å². The van der Waals surface area contributed by atoms with E-state index in [1.54, 1.807) is 12.1 Å².